The maximum absolute atomic E-state index is 3.91. The zero-order valence-electron chi connectivity index (χ0n) is 4.31. The van der Waals surface area contributed by atoms with Gasteiger partial charge in [0.1, 0.15) is 0 Å². The number of nitrogens with zero attached hydrogens (tertiary/aromatic N) is 1. The van der Waals surface area contributed by atoms with Crippen LogP contribution in [-0.4, -0.2) is 12.3 Å². The van der Waals surface area contributed by atoms with Crippen molar-refractivity contribution in [2.75, 3.05) is 6.54 Å². The lowest BCUT2D eigenvalue weighted by Crippen LogP contribution is -2.11. The molecule has 0 aromatic heterocycles. The number of allylic oxidation sites excluding steroid dienone is 1. The molecule has 0 aromatic carbocycles. The van der Waals surface area contributed by atoms with Gasteiger partial charge in [-0.25, -0.2) is 0 Å². The van der Waals surface area contributed by atoms with Crippen molar-refractivity contribution >= 4 is 5.71 Å². The molecule has 2 nitrogen and oxygen atoms in total. The van der Waals surface area contributed by atoms with E-state index in [2.05, 4.69) is 10.5 Å². The first kappa shape index (κ1) is 4.37. The van der Waals surface area contributed by atoms with Gasteiger partial charge < -0.3 is 5.43 Å². The second kappa shape index (κ2) is 1.78. The van der Waals surface area contributed by atoms with Crippen molar-refractivity contribution in [3.05, 3.63) is 12.2 Å². The number of nitrogens with one attached hydrogen (secondary N) is 1. The first-order valence-electron chi connectivity index (χ1n) is 2.33. The van der Waals surface area contributed by atoms with Gasteiger partial charge in [-0.3, -0.25) is 0 Å². The lowest BCUT2D eigenvalue weighted by molar-refractivity contribution is 0.816. The molecular weight excluding hydrogens is 88.1 g/mol. The van der Waals surface area contributed by atoms with Crippen LogP contribution in [0.15, 0.2) is 17.3 Å². The van der Waals surface area contributed by atoms with E-state index in [1.165, 1.54) is 0 Å². The zero-order chi connectivity index (χ0) is 5.11. The molecule has 0 fully saturated rings. The quantitative estimate of drug-likeness (QED) is 0.467. The Bertz CT molecular complexity index is 113. The fourth-order valence-corrected chi connectivity index (χ4v) is 0.490. The summed E-state index contributed by atoms with van der Waals surface area (Å²) in [6, 6.07) is 0. The molecule has 0 atom stereocenters. The first-order chi connectivity index (χ1) is 3.39. The van der Waals surface area contributed by atoms with E-state index >= 15 is 0 Å². The highest BCUT2D eigenvalue weighted by atomic mass is 15.3. The summed E-state index contributed by atoms with van der Waals surface area (Å²) in [4.78, 5) is 0. The highest BCUT2D eigenvalue weighted by Crippen LogP contribution is 1.83. The van der Waals surface area contributed by atoms with E-state index in [1.54, 1.807) is 0 Å². The molecule has 38 valence electrons. The molecule has 7 heavy (non-hydrogen) atoms. The van der Waals surface area contributed by atoms with E-state index in [0.29, 0.717) is 0 Å². The lowest BCUT2D eigenvalue weighted by atomic mass is 10.3. The van der Waals surface area contributed by atoms with Gasteiger partial charge in [0.25, 0.3) is 0 Å². The summed E-state index contributed by atoms with van der Waals surface area (Å²) in [5.74, 6) is 0. The Balaban J connectivity index is 2.58. The third kappa shape index (κ3) is 1.03. The molecule has 0 unspecified atom stereocenters. The fraction of sp³-hybridized carbons (Fsp3) is 0.400. The van der Waals surface area contributed by atoms with Crippen molar-refractivity contribution in [2.24, 2.45) is 5.10 Å². The summed E-state index contributed by atoms with van der Waals surface area (Å²) in [6.45, 7) is 2.83. The Morgan fingerprint density at radius 2 is 2.71 bits per heavy atom. The molecule has 0 saturated heterocycles. The van der Waals surface area contributed by atoms with Crippen molar-refractivity contribution in [1.82, 2.24) is 5.43 Å². The SMILES string of the molecule is CC1=NNCC=C1. The van der Waals surface area contributed by atoms with Crippen LogP contribution in [0.3, 0.4) is 0 Å². The van der Waals surface area contributed by atoms with Crippen molar-refractivity contribution in [3.63, 3.8) is 0 Å². The number of hydrazone groups is 1. The summed E-state index contributed by atoms with van der Waals surface area (Å²) in [5, 5.41) is 3.91. The average Bonchev–Trinajstić information content (AvgIpc) is 1.69. The maximum atomic E-state index is 3.91. The van der Waals surface area contributed by atoms with E-state index < -0.39 is 0 Å². The Morgan fingerprint density at radius 3 is 3.00 bits per heavy atom. The third-order valence-corrected chi connectivity index (χ3v) is 0.824. The minimum atomic E-state index is 0.872. The summed E-state index contributed by atoms with van der Waals surface area (Å²) < 4.78 is 0. The molecule has 0 bridgehead atoms. The second-order valence-electron chi connectivity index (χ2n) is 1.52. The number of hydrogen-bond acceptors (Lipinski definition) is 2. The third-order valence-electron chi connectivity index (χ3n) is 0.824. The molecular formula is C5H8N2. The van der Waals surface area contributed by atoms with Crippen LogP contribution >= 0.6 is 0 Å². The van der Waals surface area contributed by atoms with Gasteiger partial charge in [-0.1, -0.05) is 6.08 Å². The van der Waals surface area contributed by atoms with Crippen LogP contribution in [0.1, 0.15) is 6.92 Å². The summed E-state index contributed by atoms with van der Waals surface area (Å²) in [6.07, 6.45) is 4.04. The van der Waals surface area contributed by atoms with Crippen molar-refractivity contribution in [2.45, 2.75) is 6.92 Å². The molecule has 0 aliphatic carbocycles. The van der Waals surface area contributed by atoms with E-state index in [-0.39, 0.29) is 0 Å². The molecule has 1 N–H and O–H groups in total. The Hall–Kier alpha value is -0.790. The Morgan fingerprint density at radius 1 is 1.86 bits per heavy atom. The minimum absolute atomic E-state index is 0.872. The van der Waals surface area contributed by atoms with Crippen LogP contribution in [0.25, 0.3) is 0 Å². The van der Waals surface area contributed by atoms with Gasteiger partial charge in [0.05, 0.1) is 12.3 Å². The van der Waals surface area contributed by atoms with E-state index in [0.717, 1.165) is 12.3 Å². The van der Waals surface area contributed by atoms with E-state index in [9.17, 15) is 0 Å². The molecule has 0 aromatic rings. The van der Waals surface area contributed by atoms with Gasteiger partial charge in [-0.15, -0.1) is 0 Å². The van der Waals surface area contributed by atoms with Crippen LogP contribution in [0, 0.1) is 0 Å². The molecule has 1 aliphatic rings. The highest BCUT2D eigenvalue weighted by Gasteiger charge is 1.85. The van der Waals surface area contributed by atoms with Crippen molar-refractivity contribution in [1.29, 1.82) is 0 Å². The Labute approximate surface area is 42.9 Å². The molecule has 1 heterocycles. The predicted molar refractivity (Wildman–Crippen MR) is 30.3 cm³/mol. The van der Waals surface area contributed by atoms with Crippen LogP contribution in [0.5, 0.6) is 0 Å². The average molecular weight is 96.1 g/mol. The van der Waals surface area contributed by atoms with Crippen molar-refractivity contribution in [3.8, 4) is 0 Å². The summed E-state index contributed by atoms with van der Waals surface area (Å²) in [7, 11) is 0. The zero-order valence-corrected chi connectivity index (χ0v) is 4.31. The van der Waals surface area contributed by atoms with Crippen molar-refractivity contribution < 1.29 is 0 Å². The normalized spacial score (nSPS) is 18.1. The first-order valence-corrected chi connectivity index (χ1v) is 2.33. The Kier molecular flexibility index (Phi) is 1.11. The molecule has 2 heteroatoms. The second-order valence-corrected chi connectivity index (χ2v) is 1.52. The van der Waals surface area contributed by atoms with Crippen LogP contribution in [-0.2, 0) is 0 Å². The highest BCUT2D eigenvalue weighted by molar-refractivity contribution is 5.92. The van der Waals surface area contributed by atoms with Crippen LogP contribution < -0.4 is 5.43 Å². The van der Waals surface area contributed by atoms with Gasteiger partial charge in [0.2, 0.25) is 0 Å². The van der Waals surface area contributed by atoms with Gasteiger partial charge in [0.15, 0.2) is 0 Å². The molecule has 0 amide bonds. The maximum Gasteiger partial charge on any atom is 0.0569 e. The summed E-state index contributed by atoms with van der Waals surface area (Å²) >= 11 is 0. The predicted octanol–water partition coefficient (Wildman–Crippen LogP) is 0.522. The monoisotopic (exact) mass is 96.1 g/mol. The molecule has 0 saturated carbocycles. The van der Waals surface area contributed by atoms with Gasteiger partial charge in [0, 0.05) is 0 Å². The van der Waals surface area contributed by atoms with Crippen LogP contribution in [0.2, 0.25) is 0 Å². The molecule has 0 spiro atoms. The topological polar surface area (TPSA) is 24.4 Å². The van der Waals surface area contributed by atoms with E-state index in [4.69, 9.17) is 0 Å². The van der Waals surface area contributed by atoms with Crippen LogP contribution in [0.4, 0.5) is 0 Å². The summed E-state index contributed by atoms with van der Waals surface area (Å²) in [5.41, 5.74) is 3.88. The largest absolute Gasteiger partial charge is 0.306 e. The van der Waals surface area contributed by atoms with Gasteiger partial charge >= 0.3 is 0 Å². The number of hydrogen-bond donors (Lipinski definition) is 1. The molecule has 1 rings (SSSR count). The molecule has 0 radical (unpaired) electrons. The van der Waals surface area contributed by atoms with Gasteiger partial charge in [-0.05, 0) is 13.0 Å². The number of rotatable bonds is 0. The standard InChI is InChI=1S/C5H8N2/c1-5-3-2-4-6-7-5/h2-3,6H,4H2,1H3. The lowest BCUT2D eigenvalue weighted by Gasteiger charge is -1.99. The van der Waals surface area contributed by atoms with Gasteiger partial charge in [-0.2, -0.15) is 5.10 Å². The molecule has 1 aliphatic heterocycles. The minimum Gasteiger partial charge on any atom is -0.306 e. The van der Waals surface area contributed by atoms with E-state index in [1.807, 2.05) is 19.1 Å². The smallest absolute Gasteiger partial charge is 0.0569 e. The fourth-order valence-electron chi connectivity index (χ4n) is 0.490.